The zero-order valence-corrected chi connectivity index (χ0v) is 19.1. The van der Waals surface area contributed by atoms with Crippen LogP contribution in [0.15, 0.2) is 24.3 Å². The molecule has 0 bridgehead atoms. The summed E-state index contributed by atoms with van der Waals surface area (Å²) in [7, 11) is 0. The van der Waals surface area contributed by atoms with Crippen molar-refractivity contribution in [2.45, 2.75) is 47.6 Å². The lowest BCUT2D eigenvalue weighted by molar-refractivity contribution is -0.117. The highest BCUT2D eigenvalue weighted by Gasteiger charge is 2.26. The van der Waals surface area contributed by atoms with E-state index in [1.165, 1.54) is 0 Å². The van der Waals surface area contributed by atoms with Crippen LogP contribution >= 0.6 is 0 Å². The molecular weight excluding hydrogens is 376 g/mol. The van der Waals surface area contributed by atoms with E-state index >= 15 is 0 Å². The number of nitrogens with one attached hydrogen (secondary N) is 1. The molecule has 2 aromatic rings. The van der Waals surface area contributed by atoms with Crippen molar-refractivity contribution in [2.75, 3.05) is 38.0 Å². The predicted octanol–water partition coefficient (Wildman–Crippen LogP) is 3.70. The third-order valence-electron chi connectivity index (χ3n) is 6.00. The van der Waals surface area contributed by atoms with Crippen molar-refractivity contribution in [2.24, 2.45) is 0 Å². The van der Waals surface area contributed by atoms with Crippen LogP contribution in [0, 0.1) is 27.7 Å². The molecule has 1 aromatic heterocycles. The third kappa shape index (κ3) is 4.59. The van der Waals surface area contributed by atoms with Crippen LogP contribution in [0.2, 0.25) is 0 Å². The number of hydrogen-bond donors (Lipinski definition) is 1. The lowest BCUT2D eigenvalue weighted by Gasteiger charge is -2.34. The summed E-state index contributed by atoms with van der Waals surface area (Å²) in [5.41, 5.74) is 5.98. The second kappa shape index (κ2) is 9.04. The number of nitrogens with zero attached hydrogens (tertiary/aromatic N) is 3. The van der Waals surface area contributed by atoms with Gasteiger partial charge in [-0.15, -0.1) is 0 Å². The summed E-state index contributed by atoms with van der Waals surface area (Å²) in [5, 5.41) is 3.05. The molecule has 1 aliphatic rings. The molecule has 0 saturated carbocycles. The fraction of sp³-hybridized carbons (Fsp3) is 0.500. The van der Waals surface area contributed by atoms with Crippen molar-refractivity contribution in [1.82, 2.24) is 14.4 Å². The van der Waals surface area contributed by atoms with E-state index in [0.29, 0.717) is 38.8 Å². The molecule has 1 N–H and O–H groups in total. The Bertz CT molecular complexity index is 917. The second-order valence-corrected chi connectivity index (χ2v) is 8.63. The van der Waals surface area contributed by atoms with Crippen molar-refractivity contribution in [1.29, 1.82) is 0 Å². The number of aryl methyl sites for hydroxylation is 3. The summed E-state index contributed by atoms with van der Waals surface area (Å²) in [6.45, 7) is 15.4. The van der Waals surface area contributed by atoms with Gasteiger partial charge in [0.15, 0.2) is 0 Å². The Morgan fingerprint density at radius 3 is 2.13 bits per heavy atom. The van der Waals surface area contributed by atoms with Crippen LogP contribution in [0.25, 0.3) is 0 Å². The van der Waals surface area contributed by atoms with Crippen molar-refractivity contribution in [3.63, 3.8) is 0 Å². The summed E-state index contributed by atoms with van der Waals surface area (Å²) >= 11 is 0. The van der Waals surface area contributed by atoms with E-state index in [-0.39, 0.29) is 11.8 Å². The van der Waals surface area contributed by atoms with Crippen LogP contribution in [0.3, 0.4) is 0 Å². The zero-order valence-electron chi connectivity index (χ0n) is 19.1. The molecule has 1 aromatic carbocycles. The smallest absolute Gasteiger partial charge is 0.255 e. The fourth-order valence-corrected chi connectivity index (χ4v) is 4.46. The second-order valence-electron chi connectivity index (χ2n) is 8.63. The van der Waals surface area contributed by atoms with Gasteiger partial charge in [-0.05, 0) is 58.7 Å². The summed E-state index contributed by atoms with van der Waals surface area (Å²) in [6.07, 6.45) is 0. The summed E-state index contributed by atoms with van der Waals surface area (Å²) in [5.74, 6) is 0.0855. The molecule has 2 amide bonds. The van der Waals surface area contributed by atoms with Gasteiger partial charge in [-0.2, -0.15) is 0 Å². The SMILES string of the molecule is Cc1cccc(C)c1NC(=O)CN1CCN(C(=O)c2cc(C)n(C(C)C)c2C)CC1. The third-order valence-corrected chi connectivity index (χ3v) is 6.00. The van der Waals surface area contributed by atoms with E-state index in [9.17, 15) is 9.59 Å². The Morgan fingerprint density at radius 2 is 1.60 bits per heavy atom. The number of piperazine rings is 1. The van der Waals surface area contributed by atoms with Gasteiger partial charge in [0.1, 0.15) is 0 Å². The molecule has 0 unspecified atom stereocenters. The molecule has 3 rings (SSSR count). The average Bonchev–Trinajstić information content (AvgIpc) is 2.99. The fourth-order valence-electron chi connectivity index (χ4n) is 4.46. The molecule has 1 saturated heterocycles. The van der Waals surface area contributed by atoms with Crippen LogP contribution in [-0.2, 0) is 4.79 Å². The molecule has 0 aliphatic carbocycles. The summed E-state index contributed by atoms with van der Waals surface area (Å²) < 4.78 is 2.21. The average molecular weight is 411 g/mol. The maximum Gasteiger partial charge on any atom is 0.255 e. The van der Waals surface area contributed by atoms with Crippen molar-refractivity contribution in [3.05, 3.63) is 52.3 Å². The first kappa shape index (κ1) is 22.1. The number of hydrogen-bond acceptors (Lipinski definition) is 3. The van der Waals surface area contributed by atoms with Gasteiger partial charge in [0.25, 0.3) is 5.91 Å². The van der Waals surface area contributed by atoms with Crippen LogP contribution in [0.1, 0.15) is 52.8 Å². The lowest BCUT2D eigenvalue weighted by atomic mass is 10.1. The van der Waals surface area contributed by atoms with Gasteiger partial charge in [0.2, 0.25) is 5.91 Å². The van der Waals surface area contributed by atoms with Crippen LogP contribution in [0.4, 0.5) is 5.69 Å². The molecule has 30 heavy (non-hydrogen) atoms. The first-order valence-corrected chi connectivity index (χ1v) is 10.7. The van der Waals surface area contributed by atoms with Gasteiger partial charge in [-0.25, -0.2) is 0 Å². The highest BCUT2D eigenvalue weighted by atomic mass is 16.2. The molecule has 0 spiro atoms. The Hall–Kier alpha value is -2.60. The zero-order chi connectivity index (χ0) is 22.0. The van der Waals surface area contributed by atoms with E-state index < -0.39 is 0 Å². The van der Waals surface area contributed by atoms with Crippen molar-refractivity contribution >= 4 is 17.5 Å². The number of carbonyl (C=O) groups excluding carboxylic acids is 2. The molecule has 0 atom stereocenters. The van der Waals surface area contributed by atoms with Gasteiger partial charge in [0.05, 0.1) is 12.1 Å². The van der Waals surface area contributed by atoms with Gasteiger partial charge in [0, 0.05) is 49.3 Å². The molecule has 6 heteroatoms. The standard InChI is InChI=1S/C24H34N4O2/c1-16(2)28-19(5)14-21(20(28)6)24(30)27-12-10-26(11-13-27)15-22(29)25-23-17(3)8-7-9-18(23)4/h7-9,14,16H,10-13,15H2,1-6H3,(H,25,29). The van der Waals surface area contributed by atoms with Crippen molar-refractivity contribution < 1.29 is 9.59 Å². The summed E-state index contributed by atoms with van der Waals surface area (Å²) in [6, 6.07) is 8.34. The molecule has 0 radical (unpaired) electrons. The number of benzene rings is 1. The maximum absolute atomic E-state index is 13.1. The maximum atomic E-state index is 13.1. The molecule has 162 valence electrons. The Labute approximate surface area is 179 Å². The van der Waals surface area contributed by atoms with E-state index in [2.05, 4.69) is 35.6 Å². The monoisotopic (exact) mass is 410 g/mol. The normalized spacial score (nSPS) is 15.0. The van der Waals surface area contributed by atoms with E-state index in [0.717, 1.165) is 33.8 Å². The number of para-hydroxylation sites is 1. The first-order chi connectivity index (χ1) is 14.2. The number of anilines is 1. The van der Waals surface area contributed by atoms with Crippen LogP contribution < -0.4 is 5.32 Å². The molecule has 2 heterocycles. The van der Waals surface area contributed by atoms with Gasteiger partial charge < -0.3 is 14.8 Å². The predicted molar refractivity (Wildman–Crippen MR) is 121 cm³/mol. The minimum atomic E-state index is -0.00680. The lowest BCUT2D eigenvalue weighted by Crippen LogP contribution is -2.50. The quantitative estimate of drug-likeness (QED) is 0.818. The minimum absolute atomic E-state index is 0.00680. The highest BCUT2D eigenvalue weighted by molar-refractivity contribution is 5.96. The highest BCUT2D eigenvalue weighted by Crippen LogP contribution is 2.22. The number of amides is 2. The molecule has 1 aliphatic heterocycles. The summed E-state index contributed by atoms with van der Waals surface area (Å²) in [4.78, 5) is 29.6. The van der Waals surface area contributed by atoms with E-state index in [1.54, 1.807) is 0 Å². The van der Waals surface area contributed by atoms with Crippen molar-refractivity contribution in [3.8, 4) is 0 Å². The van der Waals surface area contributed by atoms with Gasteiger partial charge in [-0.3, -0.25) is 14.5 Å². The van der Waals surface area contributed by atoms with Crippen LogP contribution in [-0.4, -0.2) is 58.9 Å². The topological polar surface area (TPSA) is 57.6 Å². The number of aromatic nitrogens is 1. The number of rotatable bonds is 5. The molecule has 6 nitrogen and oxygen atoms in total. The number of carbonyl (C=O) groups is 2. The Kier molecular flexibility index (Phi) is 6.66. The van der Waals surface area contributed by atoms with E-state index in [4.69, 9.17) is 0 Å². The van der Waals surface area contributed by atoms with Gasteiger partial charge >= 0.3 is 0 Å². The Morgan fingerprint density at radius 1 is 1.00 bits per heavy atom. The minimum Gasteiger partial charge on any atom is -0.346 e. The molecule has 1 fully saturated rings. The molecular formula is C24H34N4O2. The first-order valence-electron chi connectivity index (χ1n) is 10.7. The largest absolute Gasteiger partial charge is 0.346 e. The van der Waals surface area contributed by atoms with E-state index in [1.807, 2.05) is 49.9 Å². The van der Waals surface area contributed by atoms with Crippen LogP contribution in [0.5, 0.6) is 0 Å². The Balaban J connectivity index is 1.57. The van der Waals surface area contributed by atoms with Gasteiger partial charge in [-0.1, -0.05) is 18.2 Å².